The Morgan fingerprint density at radius 1 is 1.16 bits per heavy atom. The minimum absolute atomic E-state index is 0.0585. The van der Waals surface area contributed by atoms with E-state index in [1.54, 1.807) is 0 Å². The summed E-state index contributed by atoms with van der Waals surface area (Å²) in [5.41, 5.74) is -1.77. The van der Waals surface area contributed by atoms with Crippen molar-refractivity contribution in [1.29, 1.82) is 0 Å². The van der Waals surface area contributed by atoms with Crippen LogP contribution in [-0.2, 0) is 17.5 Å². The van der Waals surface area contributed by atoms with E-state index in [-0.39, 0.29) is 29.4 Å². The zero-order valence-corrected chi connectivity index (χ0v) is 15.9. The highest BCUT2D eigenvalue weighted by atomic mass is 19.4. The molecule has 0 atom stereocenters. The topological polar surface area (TPSA) is 137 Å². The summed E-state index contributed by atoms with van der Waals surface area (Å²) in [6.07, 6.45) is -3.34. The first-order valence-corrected chi connectivity index (χ1v) is 8.72. The van der Waals surface area contributed by atoms with Crippen LogP contribution < -0.4 is 10.1 Å². The van der Waals surface area contributed by atoms with Gasteiger partial charge in [0.25, 0.3) is 5.69 Å². The van der Waals surface area contributed by atoms with Crippen molar-refractivity contribution in [2.75, 3.05) is 5.32 Å². The molecule has 0 aliphatic carbocycles. The predicted octanol–water partition coefficient (Wildman–Crippen LogP) is 3.94. The highest BCUT2D eigenvalue weighted by Gasteiger charge is 2.30. The number of carboxylic acid groups (broad SMARTS) is 1. The van der Waals surface area contributed by atoms with E-state index in [0.717, 1.165) is 35.0 Å². The van der Waals surface area contributed by atoms with Gasteiger partial charge in [0.1, 0.15) is 18.0 Å². The number of rotatable bonds is 7. The average molecular weight is 450 g/mol. The molecule has 1 amide bonds. The van der Waals surface area contributed by atoms with E-state index in [4.69, 9.17) is 9.84 Å². The minimum atomic E-state index is -4.60. The molecule has 0 radical (unpaired) electrons. The Kier molecular flexibility index (Phi) is 6.09. The van der Waals surface area contributed by atoms with Crippen LogP contribution in [0.1, 0.15) is 16.1 Å². The Balaban J connectivity index is 1.80. The number of halogens is 3. The van der Waals surface area contributed by atoms with Crippen LogP contribution in [-0.4, -0.2) is 31.7 Å². The van der Waals surface area contributed by atoms with E-state index in [1.807, 2.05) is 0 Å². The second-order valence-corrected chi connectivity index (χ2v) is 6.35. The molecule has 0 aliphatic heterocycles. The number of nitro benzene ring substituents is 1. The fourth-order valence-corrected chi connectivity index (χ4v) is 2.60. The van der Waals surface area contributed by atoms with Gasteiger partial charge in [0.2, 0.25) is 5.91 Å². The Bertz CT molecular complexity index is 1190. The van der Waals surface area contributed by atoms with Gasteiger partial charge in [-0.25, -0.2) is 4.79 Å². The number of hydrogen-bond acceptors (Lipinski definition) is 6. The van der Waals surface area contributed by atoms with Gasteiger partial charge in [-0.3, -0.25) is 19.6 Å². The number of anilines is 1. The number of nitro groups is 1. The number of ether oxygens (including phenoxy) is 1. The molecule has 2 N–H and O–H groups in total. The summed E-state index contributed by atoms with van der Waals surface area (Å²) in [6.45, 7) is -0.389. The molecule has 0 spiro atoms. The first kappa shape index (κ1) is 22.3. The lowest BCUT2D eigenvalue weighted by atomic mass is 10.2. The SMILES string of the molecule is O=C(Cn1ccc(C(=O)O)n1)Nc1cc(Oc2cccc(C(F)(F)F)c2)cc([N+](=O)[O-])c1. The Labute approximate surface area is 177 Å². The fourth-order valence-electron chi connectivity index (χ4n) is 2.60. The summed E-state index contributed by atoms with van der Waals surface area (Å²) in [7, 11) is 0. The van der Waals surface area contributed by atoms with Crippen LogP contribution in [0.2, 0.25) is 0 Å². The van der Waals surface area contributed by atoms with Gasteiger partial charge in [-0.1, -0.05) is 6.07 Å². The van der Waals surface area contributed by atoms with Crippen molar-refractivity contribution >= 4 is 23.3 Å². The van der Waals surface area contributed by atoms with Crippen LogP contribution in [0.25, 0.3) is 0 Å². The number of nitrogens with one attached hydrogen (secondary N) is 1. The normalized spacial score (nSPS) is 11.1. The third-order valence-electron chi connectivity index (χ3n) is 3.95. The summed E-state index contributed by atoms with van der Waals surface area (Å²) in [5.74, 6) is -2.36. The van der Waals surface area contributed by atoms with Crippen LogP contribution in [0.5, 0.6) is 11.5 Å². The molecule has 32 heavy (non-hydrogen) atoms. The molecule has 0 fully saturated rings. The van der Waals surface area contributed by atoms with Crippen LogP contribution in [0.4, 0.5) is 24.5 Å². The van der Waals surface area contributed by atoms with Crippen molar-refractivity contribution < 1.29 is 37.5 Å². The number of carbonyl (C=O) groups excluding carboxylic acids is 1. The monoisotopic (exact) mass is 450 g/mol. The summed E-state index contributed by atoms with van der Waals surface area (Å²) < 4.78 is 45.0. The largest absolute Gasteiger partial charge is 0.476 e. The van der Waals surface area contributed by atoms with Crippen molar-refractivity contribution in [2.24, 2.45) is 0 Å². The summed E-state index contributed by atoms with van der Waals surface area (Å²) in [5, 5.41) is 26.1. The first-order valence-electron chi connectivity index (χ1n) is 8.72. The molecular formula is C19H13F3N4O6. The van der Waals surface area contributed by atoms with Gasteiger partial charge in [-0.2, -0.15) is 18.3 Å². The highest BCUT2D eigenvalue weighted by molar-refractivity contribution is 5.91. The zero-order valence-electron chi connectivity index (χ0n) is 15.9. The van der Waals surface area contributed by atoms with Crippen molar-refractivity contribution in [1.82, 2.24) is 9.78 Å². The summed E-state index contributed by atoms with van der Waals surface area (Å²) >= 11 is 0. The number of nitrogens with zero attached hydrogens (tertiary/aromatic N) is 3. The smallest absolute Gasteiger partial charge is 0.416 e. The number of carboxylic acids is 1. The maximum Gasteiger partial charge on any atom is 0.416 e. The number of amides is 1. The van der Waals surface area contributed by atoms with Crippen LogP contribution in [0.3, 0.4) is 0 Å². The highest BCUT2D eigenvalue weighted by Crippen LogP contribution is 2.34. The van der Waals surface area contributed by atoms with E-state index < -0.39 is 34.2 Å². The number of alkyl halides is 3. The van der Waals surface area contributed by atoms with Gasteiger partial charge in [-0.15, -0.1) is 0 Å². The average Bonchev–Trinajstić information content (AvgIpc) is 3.16. The Morgan fingerprint density at radius 2 is 1.91 bits per heavy atom. The third kappa shape index (κ3) is 5.59. The second kappa shape index (κ2) is 8.75. The van der Waals surface area contributed by atoms with Gasteiger partial charge in [0.05, 0.1) is 22.2 Å². The van der Waals surface area contributed by atoms with Gasteiger partial charge >= 0.3 is 12.1 Å². The number of benzene rings is 2. The van der Waals surface area contributed by atoms with Crippen molar-refractivity contribution in [3.05, 3.63) is 76.1 Å². The quantitative estimate of drug-likeness (QED) is 0.411. The lowest BCUT2D eigenvalue weighted by Crippen LogP contribution is -2.19. The molecule has 0 aliphatic rings. The number of aromatic carboxylic acids is 1. The molecule has 13 heteroatoms. The third-order valence-corrected chi connectivity index (χ3v) is 3.95. The molecule has 0 bridgehead atoms. The van der Waals surface area contributed by atoms with Gasteiger partial charge in [-0.05, 0) is 24.3 Å². The molecule has 3 rings (SSSR count). The molecular weight excluding hydrogens is 437 g/mol. The lowest BCUT2D eigenvalue weighted by Gasteiger charge is -2.11. The van der Waals surface area contributed by atoms with E-state index in [9.17, 15) is 32.9 Å². The first-order chi connectivity index (χ1) is 15.0. The predicted molar refractivity (Wildman–Crippen MR) is 102 cm³/mol. The van der Waals surface area contributed by atoms with Crippen LogP contribution >= 0.6 is 0 Å². The standard InChI is InChI=1S/C19H13F3N4O6/c20-19(21,22)11-2-1-3-14(6-11)32-15-8-12(7-13(9-15)26(30)31)23-17(27)10-25-5-4-16(24-25)18(28)29/h1-9H,10H2,(H,23,27)(H,28,29). The van der Waals surface area contributed by atoms with Gasteiger partial charge < -0.3 is 15.2 Å². The molecule has 3 aromatic rings. The Morgan fingerprint density at radius 3 is 2.53 bits per heavy atom. The van der Waals surface area contributed by atoms with Gasteiger partial charge in [0, 0.05) is 18.3 Å². The fraction of sp³-hybridized carbons (Fsp3) is 0.105. The molecule has 10 nitrogen and oxygen atoms in total. The zero-order chi connectivity index (χ0) is 23.5. The molecule has 166 valence electrons. The van der Waals surface area contributed by atoms with Crippen molar-refractivity contribution in [3.63, 3.8) is 0 Å². The molecule has 0 saturated carbocycles. The Hall–Kier alpha value is -4.42. The van der Waals surface area contributed by atoms with E-state index in [0.29, 0.717) is 0 Å². The number of carbonyl (C=O) groups is 2. The van der Waals surface area contributed by atoms with Crippen molar-refractivity contribution in [2.45, 2.75) is 12.7 Å². The number of non-ortho nitro benzene ring substituents is 1. The number of hydrogen-bond donors (Lipinski definition) is 2. The second-order valence-electron chi connectivity index (χ2n) is 6.35. The molecule has 2 aromatic carbocycles. The molecule has 1 heterocycles. The van der Waals surface area contributed by atoms with Crippen LogP contribution in [0, 0.1) is 10.1 Å². The summed E-state index contributed by atoms with van der Waals surface area (Å²) in [6, 6.07) is 8.33. The lowest BCUT2D eigenvalue weighted by molar-refractivity contribution is -0.384. The molecule has 0 unspecified atom stereocenters. The van der Waals surface area contributed by atoms with Crippen molar-refractivity contribution in [3.8, 4) is 11.5 Å². The number of aromatic nitrogens is 2. The maximum absolute atomic E-state index is 12.9. The van der Waals surface area contributed by atoms with Crippen LogP contribution in [0.15, 0.2) is 54.7 Å². The molecule has 1 aromatic heterocycles. The van der Waals surface area contributed by atoms with Gasteiger partial charge in [0.15, 0.2) is 5.69 Å². The molecule has 0 saturated heterocycles. The van der Waals surface area contributed by atoms with E-state index >= 15 is 0 Å². The van der Waals surface area contributed by atoms with E-state index in [1.165, 1.54) is 24.4 Å². The minimum Gasteiger partial charge on any atom is -0.476 e. The van der Waals surface area contributed by atoms with E-state index in [2.05, 4.69) is 10.4 Å². The summed E-state index contributed by atoms with van der Waals surface area (Å²) in [4.78, 5) is 33.5. The maximum atomic E-state index is 12.9.